The van der Waals surface area contributed by atoms with Gasteiger partial charge in [-0.25, -0.2) is 4.98 Å². The Morgan fingerprint density at radius 2 is 1.94 bits per heavy atom. The van der Waals surface area contributed by atoms with Gasteiger partial charge in [0.05, 0.1) is 10.6 Å². The predicted molar refractivity (Wildman–Crippen MR) is 71.3 cm³/mol. The fraction of sp³-hybridized carbons (Fsp3) is 0. The van der Waals surface area contributed by atoms with Crippen molar-refractivity contribution >= 4 is 22.6 Å². The fourth-order valence-electron chi connectivity index (χ4n) is 1.64. The van der Waals surface area contributed by atoms with Crippen LogP contribution in [0.2, 0.25) is 5.02 Å². The largest absolute Gasteiger partial charge is 0.346 e. The maximum atomic E-state index is 6.27. The molecule has 3 rings (SSSR count). The summed E-state index contributed by atoms with van der Waals surface area (Å²) >= 11 is 6.27. The topological polar surface area (TPSA) is 41.6 Å². The molecule has 0 aliphatic carbocycles. The second kappa shape index (κ2) is 4.52. The Kier molecular flexibility index (Phi) is 2.71. The summed E-state index contributed by atoms with van der Waals surface area (Å²) in [5.74, 6) is 6.06. The standard InChI is InChI=1S/C14H8ClN3/c15-13-11(2-1-10-3-6-16-7-4-10)9-18-14-12(13)5-8-17-14/h3-9H,(H,17,18). The molecule has 4 heteroatoms. The molecule has 0 atom stereocenters. The summed E-state index contributed by atoms with van der Waals surface area (Å²) in [6.07, 6.45) is 6.90. The van der Waals surface area contributed by atoms with Crippen molar-refractivity contribution in [2.75, 3.05) is 0 Å². The van der Waals surface area contributed by atoms with Crippen LogP contribution in [0.5, 0.6) is 0 Å². The minimum absolute atomic E-state index is 0.628. The van der Waals surface area contributed by atoms with Gasteiger partial charge in [0, 0.05) is 35.7 Å². The summed E-state index contributed by atoms with van der Waals surface area (Å²) in [7, 11) is 0. The number of fused-ring (bicyclic) bond motifs is 1. The first-order chi connectivity index (χ1) is 8.84. The van der Waals surface area contributed by atoms with Gasteiger partial charge < -0.3 is 4.98 Å². The van der Waals surface area contributed by atoms with E-state index < -0.39 is 0 Å². The third-order valence-corrected chi connectivity index (χ3v) is 2.95. The molecule has 0 amide bonds. The van der Waals surface area contributed by atoms with Gasteiger partial charge in [0.2, 0.25) is 0 Å². The molecule has 0 saturated carbocycles. The lowest BCUT2D eigenvalue weighted by Crippen LogP contribution is -1.83. The van der Waals surface area contributed by atoms with Crippen LogP contribution in [-0.2, 0) is 0 Å². The molecule has 0 spiro atoms. The first-order valence-corrected chi connectivity index (χ1v) is 5.76. The summed E-state index contributed by atoms with van der Waals surface area (Å²) in [6, 6.07) is 5.59. The molecule has 86 valence electrons. The van der Waals surface area contributed by atoms with Crippen LogP contribution in [0.3, 0.4) is 0 Å². The zero-order valence-electron chi connectivity index (χ0n) is 9.31. The van der Waals surface area contributed by atoms with Crippen molar-refractivity contribution in [1.82, 2.24) is 15.0 Å². The minimum Gasteiger partial charge on any atom is -0.346 e. The van der Waals surface area contributed by atoms with Gasteiger partial charge in [0.15, 0.2) is 0 Å². The average Bonchev–Trinajstić information content (AvgIpc) is 2.88. The second-order valence-corrected chi connectivity index (χ2v) is 4.09. The minimum atomic E-state index is 0.628. The van der Waals surface area contributed by atoms with Gasteiger partial charge in [0.1, 0.15) is 5.65 Å². The summed E-state index contributed by atoms with van der Waals surface area (Å²) in [5.41, 5.74) is 2.39. The Morgan fingerprint density at radius 1 is 1.11 bits per heavy atom. The number of nitrogens with zero attached hydrogens (tertiary/aromatic N) is 2. The summed E-state index contributed by atoms with van der Waals surface area (Å²) < 4.78 is 0. The number of rotatable bonds is 0. The van der Waals surface area contributed by atoms with Crippen molar-refractivity contribution in [3.8, 4) is 11.8 Å². The van der Waals surface area contributed by atoms with E-state index in [1.165, 1.54) is 0 Å². The highest BCUT2D eigenvalue weighted by Crippen LogP contribution is 2.24. The molecule has 3 heterocycles. The van der Waals surface area contributed by atoms with Gasteiger partial charge in [-0.2, -0.15) is 0 Å². The smallest absolute Gasteiger partial charge is 0.138 e. The molecule has 0 radical (unpaired) electrons. The normalized spacial score (nSPS) is 10.1. The Morgan fingerprint density at radius 3 is 2.78 bits per heavy atom. The maximum Gasteiger partial charge on any atom is 0.138 e. The van der Waals surface area contributed by atoms with Crippen LogP contribution >= 0.6 is 11.6 Å². The van der Waals surface area contributed by atoms with E-state index in [-0.39, 0.29) is 0 Å². The lowest BCUT2D eigenvalue weighted by molar-refractivity contribution is 1.31. The van der Waals surface area contributed by atoms with Crippen molar-refractivity contribution in [2.24, 2.45) is 0 Å². The number of H-pyrrole nitrogens is 1. The maximum absolute atomic E-state index is 6.27. The van der Waals surface area contributed by atoms with Crippen LogP contribution in [0.4, 0.5) is 0 Å². The molecule has 1 N–H and O–H groups in total. The van der Waals surface area contributed by atoms with Crippen molar-refractivity contribution in [3.63, 3.8) is 0 Å². The molecule has 3 aromatic heterocycles. The second-order valence-electron chi connectivity index (χ2n) is 3.71. The molecule has 0 fully saturated rings. The van der Waals surface area contributed by atoms with Crippen LogP contribution in [-0.4, -0.2) is 15.0 Å². The van der Waals surface area contributed by atoms with Crippen molar-refractivity contribution in [1.29, 1.82) is 0 Å². The number of nitrogens with one attached hydrogen (secondary N) is 1. The lowest BCUT2D eigenvalue weighted by atomic mass is 10.2. The van der Waals surface area contributed by atoms with Crippen LogP contribution in [0.15, 0.2) is 43.0 Å². The molecule has 3 aromatic rings. The molecule has 18 heavy (non-hydrogen) atoms. The number of hydrogen-bond donors (Lipinski definition) is 1. The van der Waals surface area contributed by atoms with E-state index in [9.17, 15) is 0 Å². The summed E-state index contributed by atoms with van der Waals surface area (Å²) in [5, 5.41) is 1.51. The monoisotopic (exact) mass is 253 g/mol. The molecule has 0 aromatic carbocycles. The summed E-state index contributed by atoms with van der Waals surface area (Å²) in [6.45, 7) is 0. The molecule has 0 unspecified atom stereocenters. The van der Waals surface area contributed by atoms with E-state index in [0.717, 1.165) is 22.2 Å². The Bertz CT molecular complexity index is 751. The van der Waals surface area contributed by atoms with Crippen LogP contribution < -0.4 is 0 Å². The Hall–Kier alpha value is -2.31. The van der Waals surface area contributed by atoms with Crippen LogP contribution in [0.1, 0.15) is 11.1 Å². The Balaban J connectivity index is 2.06. The van der Waals surface area contributed by atoms with Gasteiger partial charge in [0.25, 0.3) is 0 Å². The van der Waals surface area contributed by atoms with Gasteiger partial charge >= 0.3 is 0 Å². The van der Waals surface area contributed by atoms with Gasteiger partial charge in [-0.3, -0.25) is 4.98 Å². The van der Waals surface area contributed by atoms with Gasteiger partial charge in [-0.15, -0.1) is 0 Å². The van der Waals surface area contributed by atoms with Crippen LogP contribution in [0, 0.1) is 11.8 Å². The molecular formula is C14H8ClN3. The van der Waals surface area contributed by atoms with E-state index in [2.05, 4.69) is 26.8 Å². The van der Waals surface area contributed by atoms with E-state index >= 15 is 0 Å². The van der Waals surface area contributed by atoms with E-state index in [0.29, 0.717) is 5.02 Å². The average molecular weight is 254 g/mol. The van der Waals surface area contributed by atoms with Gasteiger partial charge in [-0.1, -0.05) is 23.4 Å². The molecular weight excluding hydrogens is 246 g/mol. The SMILES string of the molecule is Clc1c(C#Cc2ccncc2)cnc2[nH]ccc12. The van der Waals surface area contributed by atoms with Crippen LogP contribution in [0.25, 0.3) is 11.0 Å². The third-order valence-electron chi connectivity index (χ3n) is 2.54. The third kappa shape index (κ3) is 1.94. The molecule has 0 aliphatic rings. The zero-order valence-corrected chi connectivity index (χ0v) is 10.1. The van der Waals surface area contributed by atoms with Crippen molar-refractivity contribution in [2.45, 2.75) is 0 Å². The Labute approximate surface area is 109 Å². The molecule has 3 nitrogen and oxygen atoms in total. The lowest BCUT2D eigenvalue weighted by Gasteiger charge is -1.96. The predicted octanol–water partition coefficient (Wildman–Crippen LogP) is 3.01. The van der Waals surface area contributed by atoms with Crippen molar-refractivity contribution in [3.05, 3.63) is 59.1 Å². The number of aromatic nitrogens is 3. The van der Waals surface area contributed by atoms with Crippen molar-refractivity contribution < 1.29 is 0 Å². The van der Waals surface area contributed by atoms with E-state index in [1.54, 1.807) is 18.6 Å². The highest BCUT2D eigenvalue weighted by atomic mass is 35.5. The number of pyridine rings is 2. The highest BCUT2D eigenvalue weighted by Gasteiger charge is 2.05. The number of hydrogen-bond acceptors (Lipinski definition) is 2. The van der Waals surface area contributed by atoms with Gasteiger partial charge in [-0.05, 0) is 18.2 Å². The molecule has 0 saturated heterocycles. The first kappa shape index (κ1) is 10.8. The number of halogens is 1. The van der Waals surface area contributed by atoms with E-state index in [4.69, 9.17) is 11.6 Å². The fourth-order valence-corrected chi connectivity index (χ4v) is 1.89. The van der Waals surface area contributed by atoms with E-state index in [1.807, 2.05) is 24.4 Å². The molecule has 0 bridgehead atoms. The first-order valence-electron chi connectivity index (χ1n) is 5.38. The highest BCUT2D eigenvalue weighted by molar-refractivity contribution is 6.36. The number of aromatic amines is 1. The summed E-state index contributed by atoms with van der Waals surface area (Å²) in [4.78, 5) is 11.2. The zero-order chi connectivity index (χ0) is 12.4. The molecule has 0 aliphatic heterocycles. The quantitative estimate of drug-likeness (QED) is 0.626.